The molecule has 3 aliphatic heterocycles. The molecule has 1 unspecified atom stereocenters. The molecule has 4 heterocycles. The predicted molar refractivity (Wildman–Crippen MR) is 154 cm³/mol. The molecule has 0 bridgehead atoms. The number of hydrogen-bond acceptors (Lipinski definition) is 5. The van der Waals surface area contributed by atoms with Crippen molar-refractivity contribution in [2.75, 3.05) is 10.8 Å². The number of alkyl halides is 3. The largest absolute Gasteiger partial charge is 0.417 e. The van der Waals surface area contributed by atoms with E-state index in [1.54, 1.807) is 16.8 Å². The van der Waals surface area contributed by atoms with E-state index in [1.165, 1.54) is 24.7 Å². The molecule has 12 heteroatoms. The Labute approximate surface area is 246 Å². The SMILES string of the molecule is CC1CC(c2cccc(N3C=Cc4c(C(F)(F)F)cc(CN5CCC[C@]6(C)[Si]C56)cc4S3(=O)=O)c2)(c2ncnn2C)C1. The Bertz CT molecular complexity index is 1720. The number of aromatic nitrogens is 3. The number of sulfonamides is 1. The maximum atomic E-state index is 14.3. The van der Waals surface area contributed by atoms with Gasteiger partial charge in [0.25, 0.3) is 10.0 Å². The number of piperidine rings is 1. The second-order valence-corrected chi connectivity index (χ2v) is 16.3. The van der Waals surface area contributed by atoms with Crippen molar-refractivity contribution in [2.45, 2.75) is 73.3 Å². The van der Waals surface area contributed by atoms with Gasteiger partial charge in [-0.25, -0.2) is 17.7 Å². The summed E-state index contributed by atoms with van der Waals surface area (Å²) in [5.74, 6) is 1.27. The fourth-order valence-corrected chi connectivity index (χ4v) is 10.6. The van der Waals surface area contributed by atoms with E-state index in [0.29, 0.717) is 29.4 Å². The number of halogens is 3. The molecule has 42 heavy (non-hydrogen) atoms. The molecule has 4 aliphatic rings. The molecule has 2 aromatic carbocycles. The minimum Gasteiger partial charge on any atom is -0.299 e. The van der Waals surface area contributed by atoms with Gasteiger partial charge < -0.3 is 0 Å². The molecule has 0 N–H and O–H groups in total. The molecule has 0 amide bonds. The van der Waals surface area contributed by atoms with Crippen LogP contribution in [0.1, 0.15) is 67.6 Å². The molecular formula is C30H32F3N5O2SSi. The molecule has 0 spiro atoms. The Kier molecular flexibility index (Phi) is 6.14. The van der Waals surface area contributed by atoms with Gasteiger partial charge in [0.2, 0.25) is 0 Å². The third kappa shape index (κ3) is 4.28. The first kappa shape index (κ1) is 27.8. The first-order valence-electron chi connectivity index (χ1n) is 14.3. The third-order valence-corrected chi connectivity index (χ3v) is 13.4. The number of hydrogen-bond donors (Lipinski definition) is 0. The van der Waals surface area contributed by atoms with Gasteiger partial charge in [-0.15, -0.1) is 0 Å². The Morgan fingerprint density at radius 2 is 1.95 bits per heavy atom. The van der Waals surface area contributed by atoms with Gasteiger partial charge >= 0.3 is 6.18 Å². The van der Waals surface area contributed by atoms with Crippen molar-refractivity contribution in [1.29, 1.82) is 0 Å². The van der Waals surface area contributed by atoms with Crippen LogP contribution in [-0.2, 0) is 35.2 Å². The fourth-order valence-electron chi connectivity index (χ4n) is 7.45. The summed E-state index contributed by atoms with van der Waals surface area (Å²) in [7, 11) is -1.72. The number of likely N-dealkylation sites (tertiary alicyclic amines) is 1. The number of benzene rings is 2. The summed E-state index contributed by atoms with van der Waals surface area (Å²) < 4.78 is 74.0. The van der Waals surface area contributed by atoms with E-state index in [4.69, 9.17) is 0 Å². The second-order valence-electron chi connectivity index (χ2n) is 12.6. The van der Waals surface area contributed by atoms with Crippen LogP contribution in [0.4, 0.5) is 18.9 Å². The molecule has 220 valence electrons. The number of nitrogens with zero attached hydrogens (tertiary/aromatic N) is 5. The van der Waals surface area contributed by atoms with Crippen molar-refractivity contribution >= 4 is 31.3 Å². The highest BCUT2D eigenvalue weighted by Crippen LogP contribution is 2.55. The fraction of sp³-hybridized carbons (Fsp3) is 0.467. The number of fused-ring (bicyclic) bond motifs is 2. The highest BCUT2D eigenvalue weighted by Gasteiger charge is 2.55. The molecule has 3 aromatic rings. The number of rotatable bonds is 5. The summed E-state index contributed by atoms with van der Waals surface area (Å²) in [4.78, 5) is 6.44. The average Bonchev–Trinajstić information content (AvgIpc) is 3.44. The highest BCUT2D eigenvalue weighted by molar-refractivity contribution is 7.93. The zero-order valence-corrected chi connectivity index (χ0v) is 25.5. The molecule has 2 radical (unpaired) electrons. The lowest BCUT2D eigenvalue weighted by atomic mass is 9.58. The minimum atomic E-state index is -4.69. The van der Waals surface area contributed by atoms with Crippen molar-refractivity contribution in [3.8, 4) is 0 Å². The quantitative estimate of drug-likeness (QED) is 0.354. The minimum absolute atomic E-state index is 0.247. The topological polar surface area (TPSA) is 71.3 Å². The van der Waals surface area contributed by atoms with Crippen LogP contribution in [0.3, 0.4) is 0 Å². The summed E-state index contributed by atoms with van der Waals surface area (Å²) in [6.45, 7) is 5.51. The average molecular weight is 612 g/mol. The predicted octanol–water partition coefficient (Wildman–Crippen LogP) is 5.55. The van der Waals surface area contributed by atoms with Crippen LogP contribution in [-0.4, -0.2) is 49.8 Å². The van der Waals surface area contributed by atoms with Crippen molar-refractivity contribution in [3.05, 3.63) is 77.0 Å². The van der Waals surface area contributed by atoms with Crippen molar-refractivity contribution < 1.29 is 21.6 Å². The van der Waals surface area contributed by atoms with Crippen molar-refractivity contribution in [1.82, 2.24) is 19.7 Å². The van der Waals surface area contributed by atoms with Crippen LogP contribution in [0, 0.1) is 5.92 Å². The maximum Gasteiger partial charge on any atom is 0.417 e. The first-order chi connectivity index (χ1) is 19.8. The van der Waals surface area contributed by atoms with Crippen molar-refractivity contribution in [2.24, 2.45) is 13.0 Å². The van der Waals surface area contributed by atoms with Crippen LogP contribution in [0.15, 0.2) is 53.8 Å². The summed E-state index contributed by atoms with van der Waals surface area (Å²) >= 11 is 0. The Hall–Kier alpha value is -2.96. The summed E-state index contributed by atoms with van der Waals surface area (Å²) in [5, 5.41) is 4.50. The summed E-state index contributed by atoms with van der Waals surface area (Å²) in [6.07, 6.45) is 3.15. The van der Waals surface area contributed by atoms with Gasteiger partial charge in [0.1, 0.15) is 12.2 Å². The summed E-state index contributed by atoms with van der Waals surface area (Å²) in [5.41, 5.74) is 0.393. The van der Waals surface area contributed by atoms with E-state index in [-0.39, 0.29) is 15.5 Å². The Morgan fingerprint density at radius 3 is 2.64 bits per heavy atom. The van der Waals surface area contributed by atoms with Gasteiger partial charge in [0, 0.05) is 31.0 Å². The normalized spacial score (nSPS) is 30.0. The van der Waals surface area contributed by atoms with Crippen LogP contribution < -0.4 is 4.31 Å². The lowest BCUT2D eigenvalue weighted by Crippen LogP contribution is -2.43. The van der Waals surface area contributed by atoms with Gasteiger partial charge in [0.05, 0.1) is 31.1 Å². The van der Waals surface area contributed by atoms with Crippen LogP contribution >= 0.6 is 0 Å². The molecule has 1 aliphatic carbocycles. The molecule has 3 fully saturated rings. The van der Waals surface area contributed by atoms with Gasteiger partial charge in [-0.2, -0.15) is 18.3 Å². The standard InChI is InChI=1S/C30H32F3N5O2SSi/c1-19-15-29(16-19,26-34-18-35-36(26)3)21-6-4-7-22(14-21)38-11-8-23-24(30(31,32)33)12-20(13-25(23)41(38,39)40)17-37-10-5-9-28(2)27(37)42-28/h4,6-8,11-14,18-19,27H,5,9-10,15-17H2,1-3H3/t19?,27?,28-,29?/m0/s1. The van der Waals surface area contributed by atoms with E-state index in [2.05, 4.69) is 28.8 Å². The molecule has 1 aromatic heterocycles. The summed E-state index contributed by atoms with van der Waals surface area (Å²) in [6, 6.07) is 9.85. The second kappa shape index (κ2) is 9.27. The van der Waals surface area contributed by atoms with Crippen molar-refractivity contribution in [3.63, 3.8) is 0 Å². The molecule has 1 saturated carbocycles. The van der Waals surface area contributed by atoms with Crippen LogP contribution in [0.2, 0.25) is 5.04 Å². The van der Waals surface area contributed by atoms with Crippen LogP contribution in [0.25, 0.3) is 6.08 Å². The number of anilines is 1. The maximum absolute atomic E-state index is 14.3. The molecule has 2 saturated heterocycles. The zero-order valence-electron chi connectivity index (χ0n) is 23.7. The molecule has 7 nitrogen and oxygen atoms in total. The van der Waals surface area contributed by atoms with E-state index in [0.717, 1.165) is 63.5 Å². The van der Waals surface area contributed by atoms with Crippen LogP contribution in [0.5, 0.6) is 0 Å². The smallest absolute Gasteiger partial charge is 0.299 e. The number of aryl methyl sites for hydroxylation is 1. The van der Waals surface area contributed by atoms with E-state index < -0.39 is 27.2 Å². The van der Waals surface area contributed by atoms with Gasteiger partial charge in [-0.3, -0.25) is 9.58 Å². The van der Waals surface area contributed by atoms with E-state index >= 15 is 0 Å². The first-order valence-corrected chi connectivity index (χ1v) is 16.8. The molecule has 7 rings (SSSR count). The monoisotopic (exact) mass is 611 g/mol. The highest BCUT2D eigenvalue weighted by atomic mass is 32.2. The molecule has 2 atom stereocenters. The lowest BCUT2D eigenvalue weighted by Gasteiger charge is -2.46. The van der Waals surface area contributed by atoms with E-state index in [9.17, 15) is 21.6 Å². The molecular weight excluding hydrogens is 580 g/mol. The zero-order chi connectivity index (χ0) is 29.7. The Balaban J connectivity index is 1.28. The van der Waals surface area contributed by atoms with Gasteiger partial charge in [-0.1, -0.05) is 26.0 Å². The van der Waals surface area contributed by atoms with Gasteiger partial charge in [0.15, 0.2) is 0 Å². The Morgan fingerprint density at radius 1 is 1.17 bits per heavy atom. The lowest BCUT2D eigenvalue weighted by molar-refractivity contribution is -0.138. The van der Waals surface area contributed by atoms with Gasteiger partial charge in [-0.05, 0) is 84.7 Å². The third-order valence-electron chi connectivity index (χ3n) is 9.49. The van der Waals surface area contributed by atoms with E-state index in [1.807, 2.05) is 19.2 Å².